The van der Waals surface area contributed by atoms with Crippen LogP contribution in [0.2, 0.25) is 0 Å². The Morgan fingerprint density at radius 2 is 1.97 bits per heavy atom. The van der Waals surface area contributed by atoms with Gasteiger partial charge in [0.2, 0.25) is 0 Å². The number of amides is 2. The van der Waals surface area contributed by atoms with Gasteiger partial charge in [-0.1, -0.05) is 39.3 Å². The van der Waals surface area contributed by atoms with Crippen molar-refractivity contribution in [3.05, 3.63) is 29.8 Å². The highest BCUT2D eigenvalue weighted by Crippen LogP contribution is 2.35. The van der Waals surface area contributed by atoms with Crippen LogP contribution in [0.3, 0.4) is 0 Å². The summed E-state index contributed by atoms with van der Waals surface area (Å²) in [6.07, 6.45) is 4.09. The molecule has 1 fully saturated rings. The molecule has 0 aliphatic heterocycles. The molecule has 1 aromatic rings. The molecular formula is C22H31N3O4. The topological polar surface area (TPSA) is 103 Å². The number of hydrogen-bond donors (Lipinski definition) is 2. The predicted octanol–water partition coefficient (Wildman–Crippen LogP) is 3.43. The quantitative estimate of drug-likeness (QED) is 0.561. The first-order valence-corrected chi connectivity index (χ1v) is 10.1. The van der Waals surface area contributed by atoms with Crippen LogP contribution in [0, 0.1) is 29.2 Å². The molecule has 0 aromatic heterocycles. The van der Waals surface area contributed by atoms with Gasteiger partial charge in [-0.15, -0.1) is 0 Å². The van der Waals surface area contributed by atoms with E-state index < -0.39 is 18.0 Å². The maximum Gasteiger partial charge on any atom is 0.408 e. The number of phenols is 1. The number of alkyl carbamates (subject to hydrolysis) is 1. The molecule has 1 aliphatic carbocycles. The van der Waals surface area contributed by atoms with E-state index in [1.807, 2.05) is 0 Å². The lowest BCUT2D eigenvalue weighted by Gasteiger charge is -2.36. The third kappa shape index (κ3) is 6.38. The molecule has 4 atom stereocenters. The number of likely N-dealkylation sites (N-methyl/N-ethyl adjacent to an activating group) is 1. The molecule has 29 heavy (non-hydrogen) atoms. The number of ether oxygens (including phenoxy) is 1. The van der Waals surface area contributed by atoms with E-state index in [9.17, 15) is 14.7 Å². The van der Waals surface area contributed by atoms with Gasteiger partial charge in [-0.05, 0) is 48.3 Å². The molecular weight excluding hydrogens is 370 g/mol. The minimum Gasteiger partial charge on any atom is -0.508 e. The molecule has 0 heterocycles. The van der Waals surface area contributed by atoms with Crippen LogP contribution in [0.4, 0.5) is 4.79 Å². The summed E-state index contributed by atoms with van der Waals surface area (Å²) in [6.45, 7) is 6.42. The Morgan fingerprint density at radius 3 is 2.55 bits per heavy atom. The highest BCUT2D eigenvalue weighted by Gasteiger charge is 2.34. The first-order chi connectivity index (χ1) is 13.7. The number of hydrogen-bond acceptors (Lipinski definition) is 5. The third-order valence-electron chi connectivity index (χ3n) is 5.67. The number of carbonyl (C=O) groups excluding carboxylic acids is 2. The van der Waals surface area contributed by atoms with Gasteiger partial charge < -0.3 is 15.2 Å². The van der Waals surface area contributed by atoms with Crippen LogP contribution < -0.4 is 5.32 Å². The number of aromatic hydroxyl groups is 1. The second kappa shape index (κ2) is 10.1. The molecule has 1 aromatic carbocycles. The highest BCUT2D eigenvalue weighted by molar-refractivity contribution is 5.86. The summed E-state index contributed by atoms with van der Waals surface area (Å²) < 4.78 is 5.74. The summed E-state index contributed by atoms with van der Waals surface area (Å²) in [5.41, 5.74) is 0.749. The predicted molar refractivity (Wildman–Crippen MR) is 109 cm³/mol. The number of rotatable bonds is 6. The largest absolute Gasteiger partial charge is 0.508 e. The molecule has 2 rings (SSSR count). The Bertz CT molecular complexity index is 741. The van der Waals surface area contributed by atoms with Crippen molar-refractivity contribution in [1.29, 1.82) is 5.26 Å². The lowest BCUT2D eigenvalue weighted by atomic mass is 9.75. The standard InChI is InChI=1S/C22H31N3O4/c1-14(2)18-10-5-15(3)11-20(18)29-22(28)24-19(21(27)25(4)13-23)12-16-6-8-17(26)9-7-16/h6-9,14-15,18-20,26H,5,10-12H2,1-4H3,(H,24,28). The van der Waals surface area contributed by atoms with Gasteiger partial charge in [-0.2, -0.15) is 5.26 Å². The molecule has 1 saturated carbocycles. The van der Waals surface area contributed by atoms with Gasteiger partial charge in [-0.3, -0.25) is 9.69 Å². The monoisotopic (exact) mass is 401 g/mol. The smallest absolute Gasteiger partial charge is 0.408 e. The van der Waals surface area contributed by atoms with Gasteiger partial charge in [0.05, 0.1) is 0 Å². The molecule has 4 unspecified atom stereocenters. The fourth-order valence-corrected chi connectivity index (χ4v) is 3.91. The summed E-state index contributed by atoms with van der Waals surface area (Å²) in [4.78, 5) is 26.1. The summed E-state index contributed by atoms with van der Waals surface area (Å²) in [7, 11) is 1.36. The number of nitrogens with zero attached hydrogens (tertiary/aromatic N) is 2. The number of nitrogens with one attached hydrogen (secondary N) is 1. The average molecular weight is 402 g/mol. The fraction of sp³-hybridized carbons (Fsp3) is 0.591. The van der Waals surface area contributed by atoms with E-state index in [2.05, 4.69) is 26.1 Å². The summed E-state index contributed by atoms with van der Waals surface area (Å²) >= 11 is 0. The van der Waals surface area contributed by atoms with Gasteiger partial charge in [-0.25, -0.2) is 4.79 Å². The zero-order valence-corrected chi connectivity index (χ0v) is 17.6. The fourth-order valence-electron chi connectivity index (χ4n) is 3.91. The Hall–Kier alpha value is -2.75. The van der Waals surface area contributed by atoms with E-state index in [1.165, 1.54) is 19.2 Å². The molecule has 0 radical (unpaired) electrons. The number of nitriles is 1. The zero-order valence-electron chi connectivity index (χ0n) is 17.6. The normalized spacial score (nSPS) is 22.4. The maximum atomic E-state index is 12.6. The highest BCUT2D eigenvalue weighted by atomic mass is 16.6. The summed E-state index contributed by atoms with van der Waals surface area (Å²) in [6, 6.07) is 5.44. The molecule has 2 N–H and O–H groups in total. The molecule has 0 bridgehead atoms. The number of phenolic OH excluding ortho intramolecular Hbond substituents is 1. The van der Waals surface area contributed by atoms with Crippen molar-refractivity contribution >= 4 is 12.0 Å². The van der Waals surface area contributed by atoms with Crippen molar-refractivity contribution in [2.24, 2.45) is 17.8 Å². The lowest BCUT2D eigenvalue weighted by Crippen LogP contribution is -2.49. The summed E-state index contributed by atoms with van der Waals surface area (Å²) in [5.74, 6) is 0.783. The van der Waals surface area contributed by atoms with E-state index in [0.29, 0.717) is 17.8 Å². The first kappa shape index (κ1) is 22.5. The number of benzene rings is 1. The number of carbonyl (C=O) groups is 2. The van der Waals surface area contributed by atoms with Crippen LogP contribution in [0.5, 0.6) is 5.75 Å². The molecule has 7 nitrogen and oxygen atoms in total. The maximum absolute atomic E-state index is 12.6. The average Bonchev–Trinajstić information content (AvgIpc) is 2.67. The van der Waals surface area contributed by atoms with E-state index >= 15 is 0 Å². The molecule has 0 saturated heterocycles. The third-order valence-corrected chi connectivity index (χ3v) is 5.67. The van der Waals surface area contributed by atoms with Crippen molar-refractivity contribution in [2.75, 3.05) is 7.05 Å². The minimum atomic E-state index is -0.935. The van der Waals surface area contributed by atoms with Gasteiger partial charge in [0.1, 0.15) is 17.9 Å². The van der Waals surface area contributed by atoms with Crippen molar-refractivity contribution in [1.82, 2.24) is 10.2 Å². The van der Waals surface area contributed by atoms with Crippen molar-refractivity contribution in [3.8, 4) is 11.9 Å². The van der Waals surface area contributed by atoms with Gasteiger partial charge >= 0.3 is 6.09 Å². The van der Waals surface area contributed by atoms with Crippen LogP contribution in [0.25, 0.3) is 0 Å². The summed E-state index contributed by atoms with van der Waals surface area (Å²) in [5, 5.41) is 21.1. The van der Waals surface area contributed by atoms with E-state index in [-0.39, 0.29) is 18.3 Å². The van der Waals surface area contributed by atoms with Crippen molar-refractivity contribution < 1.29 is 19.4 Å². The lowest BCUT2D eigenvalue weighted by molar-refractivity contribution is -0.129. The second-order valence-electron chi connectivity index (χ2n) is 8.33. The molecule has 7 heteroatoms. The first-order valence-electron chi connectivity index (χ1n) is 10.1. The van der Waals surface area contributed by atoms with Crippen LogP contribution >= 0.6 is 0 Å². The Morgan fingerprint density at radius 1 is 1.31 bits per heavy atom. The van der Waals surface area contributed by atoms with Crippen LogP contribution in [0.15, 0.2) is 24.3 Å². The van der Waals surface area contributed by atoms with Crippen molar-refractivity contribution in [3.63, 3.8) is 0 Å². The van der Waals surface area contributed by atoms with Crippen molar-refractivity contribution in [2.45, 2.75) is 58.6 Å². The molecule has 0 spiro atoms. The molecule has 158 valence electrons. The van der Waals surface area contributed by atoms with Gasteiger partial charge in [0, 0.05) is 13.5 Å². The Kier molecular flexibility index (Phi) is 7.89. The second-order valence-corrected chi connectivity index (χ2v) is 8.33. The van der Waals surface area contributed by atoms with Gasteiger partial charge in [0.15, 0.2) is 6.19 Å². The van der Waals surface area contributed by atoms with E-state index in [1.54, 1.807) is 18.3 Å². The van der Waals surface area contributed by atoms with E-state index in [0.717, 1.165) is 29.7 Å². The van der Waals surface area contributed by atoms with Gasteiger partial charge in [0.25, 0.3) is 5.91 Å². The van der Waals surface area contributed by atoms with Crippen LogP contribution in [0.1, 0.15) is 45.6 Å². The van der Waals surface area contributed by atoms with Crippen LogP contribution in [-0.2, 0) is 16.0 Å². The van der Waals surface area contributed by atoms with Crippen LogP contribution in [-0.4, -0.2) is 41.2 Å². The molecule has 2 amide bonds. The van der Waals surface area contributed by atoms with E-state index in [4.69, 9.17) is 10.00 Å². The Labute approximate surface area is 172 Å². The molecule has 1 aliphatic rings. The minimum absolute atomic E-state index is 0.115. The zero-order chi connectivity index (χ0) is 21.6. The Balaban J connectivity index is 2.10. The SMILES string of the molecule is CC1CCC(C(C)C)C(OC(=O)NC(Cc2ccc(O)cc2)C(=O)N(C)C#N)C1.